The molecule has 0 unspecified atom stereocenters. The fraction of sp³-hybridized carbons (Fsp3) is 0.500. The minimum atomic E-state index is -0.808. The summed E-state index contributed by atoms with van der Waals surface area (Å²) >= 11 is 4.60. The molecule has 1 heterocycles. The first-order chi connectivity index (χ1) is 8.06. The first-order valence-electron chi connectivity index (χ1n) is 5.21. The predicted molar refractivity (Wildman–Crippen MR) is 66.9 cm³/mol. The molecule has 1 saturated carbocycles. The van der Waals surface area contributed by atoms with E-state index < -0.39 is 5.97 Å². The van der Waals surface area contributed by atoms with Gasteiger partial charge in [0, 0.05) is 5.92 Å². The number of rotatable bonds is 3. The molecule has 1 aliphatic rings. The van der Waals surface area contributed by atoms with Gasteiger partial charge in [0.05, 0.1) is 15.9 Å². The number of carbonyl (C=O) groups excluding carboxylic acids is 1. The van der Waals surface area contributed by atoms with Gasteiger partial charge in [-0.25, -0.2) is 4.98 Å². The van der Waals surface area contributed by atoms with Gasteiger partial charge in [-0.15, -0.1) is 0 Å². The number of nitrogens with one attached hydrogen (secondary N) is 1. The third-order valence-corrected chi connectivity index (χ3v) is 4.25. The molecule has 2 atom stereocenters. The Kier molecular flexibility index (Phi) is 3.78. The van der Waals surface area contributed by atoms with Crippen molar-refractivity contribution in [3.63, 3.8) is 0 Å². The summed E-state index contributed by atoms with van der Waals surface area (Å²) < 4.78 is 0.850. The monoisotopic (exact) mass is 318 g/mol. The number of thiazole rings is 1. The summed E-state index contributed by atoms with van der Waals surface area (Å²) in [4.78, 5) is 26.6. The van der Waals surface area contributed by atoms with E-state index in [2.05, 4.69) is 26.2 Å². The van der Waals surface area contributed by atoms with Gasteiger partial charge in [0.2, 0.25) is 5.91 Å². The van der Waals surface area contributed by atoms with Crippen LogP contribution in [0, 0.1) is 11.8 Å². The number of amides is 1. The van der Waals surface area contributed by atoms with Gasteiger partial charge in [0.1, 0.15) is 0 Å². The lowest BCUT2D eigenvalue weighted by molar-refractivity contribution is -0.141. The molecule has 92 valence electrons. The van der Waals surface area contributed by atoms with Crippen LogP contribution in [0.15, 0.2) is 9.98 Å². The molecule has 0 aliphatic heterocycles. The van der Waals surface area contributed by atoms with E-state index in [-0.39, 0.29) is 17.7 Å². The molecule has 0 bridgehead atoms. The Morgan fingerprint density at radius 3 is 2.71 bits per heavy atom. The van der Waals surface area contributed by atoms with Crippen molar-refractivity contribution in [3.05, 3.63) is 9.98 Å². The molecule has 1 amide bonds. The number of halogens is 1. The van der Waals surface area contributed by atoms with Crippen molar-refractivity contribution in [2.75, 3.05) is 5.32 Å². The van der Waals surface area contributed by atoms with Crippen molar-refractivity contribution in [2.24, 2.45) is 11.8 Å². The number of hydrogen-bond acceptors (Lipinski definition) is 4. The largest absolute Gasteiger partial charge is 0.481 e. The first kappa shape index (κ1) is 12.5. The summed E-state index contributed by atoms with van der Waals surface area (Å²) in [7, 11) is 0. The molecule has 0 radical (unpaired) electrons. The molecule has 17 heavy (non-hydrogen) atoms. The second-order valence-electron chi connectivity index (χ2n) is 4.00. The summed E-state index contributed by atoms with van der Waals surface area (Å²) in [6.45, 7) is 0. The number of aromatic nitrogens is 1. The third kappa shape index (κ3) is 3.04. The number of nitrogens with zero attached hydrogens (tertiary/aromatic N) is 1. The normalized spacial score (nSPS) is 23.6. The highest BCUT2D eigenvalue weighted by molar-refractivity contribution is 9.11. The minimum Gasteiger partial charge on any atom is -0.481 e. The molecule has 2 N–H and O–H groups in total. The van der Waals surface area contributed by atoms with Crippen molar-refractivity contribution >= 4 is 44.3 Å². The van der Waals surface area contributed by atoms with Gasteiger partial charge in [0.15, 0.2) is 5.13 Å². The van der Waals surface area contributed by atoms with E-state index in [1.165, 1.54) is 11.3 Å². The van der Waals surface area contributed by atoms with Crippen LogP contribution < -0.4 is 5.32 Å². The fourth-order valence-electron chi connectivity index (χ4n) is 1.96. The van der Waals surface area contributed by atoms with Crippen molar-refractivity contribution < 1.29 is 14.7 Å². The second-order valence-corrected chi connectivity index (χ2v) is 6.41. The number of hydrogen-bond donors (Lipinski definition) is 2. The summed E-state index contributed by atoms with van der Waals surface area (Å²) in [6, 6.07) is 0. The average Bonchev–Trinajstić information content (AvgIpc) is 2.86. The summed E-state index contributed by atoms with van der Waals surface area (Å²) in [5, 5.41) is 12.1. The SMILES string of the molecule is O=C(O)[C@H]1CC[C@@H](C(=O)Nc2ncc(Br)s2)C1. The fourth-order valence-corrected chi connectivity index (χ4v) is 3.07. The van der Waals surface area contributed by atoms with E-state index in [1.807, 2.05) is 0 Å². The average molecular weight is 319 g/mol. The minimum absolute atomic E-state index is 0.129. The van der Waals surface area contributed by atoms with Crippen molar-refractivity contribution in [1.82, 2.24) is 4.98 Å². The van der Waals surface area contributed by atoms with Crippen LogP contribution in [0.25, 0.3) is 0 Å². The Morgan fingerprint density at radius 1 is 1.47 bits per heavy atom. The van der Waals surface area contributed by atoms with Crippen LogP contribution in [-0.4, -0.2) is 22.0 Å². The predicted octanol–water partition coefficient (Wildman–Crippen LogP) is 2.34. The van der Waals surface area contributed by atoms with Gasteiger partial charge in [-0.3, -0.25) is 9.59 Å². The van der Waals surface area contributed by atoms with Crippen LogP contribution in [-0.2, 0) is 9.59 Å². The highest BCUT2D eigenvalue weighted by Crippen LogP contribution is 2.32. The Morgan fingerprint density at radius 2 is 2.18 bits per heavy atom. The standard InChI is InChI=1S/C10H11BrN2O3S/c11-7-4-12-10(17-7)13-8(14)5-1-2-6(3-5)9(15)16/h4-6H,1-3H2,(H,15,16)(H,12,13,14)/t5-,6+/m1/s1. The van der Waals surface area contributed by atoms with Crippen LogP contribution >= 0.6 is 27.3 Å². The van der Waals surface area contributed by atoms with E-state index in [9.17, 15) is 9.59 Å². The van der Waals surface area contributed by atoms with Crippen LogP contribution in [0.4, 0.5) is 5.13 Å². The summed E-state index contributed by atoms with van der Waals surface area (Å²) in [5.74, 6) is -1.53. The lowest BCUT2D eigenvalue weighted by Gasteiger charge is -2.08. The number of carboxylic acid groups (broad SMARTS) is 1. The zero-order valence-corrected chi connectivity index (χ0v) is 11.3. The maximum atomic E-state index is 11.8. The maximum absolute atomic E-state index is 11.8. The molecule has 0 spiro atoms. The van der Waals surface area contributed by atoms with Crippen molar-refractivity contribution in [2.45, 2.75) is 19.3 Å². The molecule has 1 fully saturated rings. The Hall–Kier alpha value is -0.950. The molecule has 7 heteroatoms. The lowest BCUT2D eigenvalue weighted by atomic mass is 10.0. The molecule has 1 aromatic rings. The molecule has 1 aliphatic carbocycles. The Balaban J connectivity index is 1.91. The van der Waals surface area contributed by atoms with Gasteiger partial charge in [-0.1, -0.05) is 11.3 Å². The zero-order valence-electron chi connectivity index (χ0n) is 8.85. The molecular formula is C10H11BrN2O3S. The summed E-state index contributed by atoms with van der Waals surface area (Å²) in [5.41, 5.74) is 0. The van der Waals surface area contributed by atoms with Crippen LogP contribution in [0.3, 0.4) is 0 Å². The number of aliphatic carboxylic acids is 1. The smallest absolute Gasteiger partial charge is 0.306 e. The molecule has 0 aromatic carbocycles. The van der Waals surface area contributed by atoms with Gasteiger partial charge in [-0.05, 0) is 35.2 Å². The zero-order chi connectivity index (χ0) is 12.4. The highest BCUT2D eigenvalue weighted by atomic mass is 79.9. The topological polar surface area (TPSA) is 79.3 Å². The lowest BCUT2D eigenvalue weighted by Crippen LogP contribution is -2.21. The molecule has 5 nitrogen and oxygen atoms in total. The first-order valence-corrected chi connectivity index (χ1v) is 6.82. The number of carbonyl (C=O) groups is 2. The van der Waals surface area contributed by atoms with Gasteiger partial charge < -0.3 is 10.4 Å². The van der Waals surface area contributed by atoms with Crippen LogP contribution in [0.1, 0.15) is 19.3 Å². The van der Waals surface area contributed by atoms with Crippen molar-refractivity contribution in [1.29, 1.82) is 0 Å². The number of anilines is 1. The van der Waals surface area contributed by atoms with Crippen LogP contribution in [0.2, 0.25) is 0 Å². The molecule has 0 saturated heterocycles. The molecule has 2 rings (SSSR count). The van der Waals surface area contributed by atoms with Gasteiger partial charge in [-0.2, -0.15) is 0 Å². The maximum Gasteiger partial charge on any atom is 0.306 e. The van der Waals surface area contributed by atoms with Crippen molar-refractivity contribution in [3.8, 4) is 0 Å². The quantitative estimate of drug-likeness (QED) is 0.896. The van der Waals surface area contributed by atoms with Gasteiger partial charge >= 0.3 is 5.97 Å². The van der Waals surface area contributed by atoms with E-state index >= 15 is 0 Å². The van der Waals surface area contributed by atoms with E-state index in [0.717, 1.165) is 3.79 Å². The Bertz CT molecular complexity index is 449. The molecular weight excluding hydrogens is 308 g/mol. The number of carboxylic acids is 1. The highest BCUT2D eigenvalue weighted by Gasteiger charge is 2.34. The van der Waals surface area contributed by atoms with Crippen LogP contribution in [0.5, 0.6) is 0 Å². The second kappa shape index (κ2) is 5.14. The van der Waals surface area contributed by atoms with E-state index in [1.54, 1.807) is 6.20 Å². The Labute approximate surface area is 110 Å². The summed E-state index contributed by atoms with van der Waals surface area (Å²) in [6.07, 6.45) is 3.26. The third-order valence-electron chi connectivity index (χ3n) is 2.86. The molecule has 1 aromatic heterocycles. The van der Waals surface area contributed by atoms with Gasteiger partial charge in [0.25, 0.3) is 0 Å². The van der Waals surface area contributed by atoms with E-state index in [4.69, 9.17) is 5.11 Å². The van der Waals surface area contributed by atoms with E-state index in [0.29, 0.717) is 24.4 Å².